The molecule has 24 heavy (non-hydrogen) atoms. The van der Waals surface area contributed by atoms with Crippen molar-refractivity contribution in [2.45, 2.75) is 13.5 Å². The third-order valence-electron chi connectivity index (χ3n) is 3.48. The van der Waals surface area contributed by atoms with Crippen LogP contribution in [0.1, 0.15) is 11.1 Å². The molecule has 0 spiro atoms. The van der Waals surface area contributed by atoms with Crippen molar-refractivity contribution in [1.82, 2.24) is 9.97 Å². The van der Waals surface area contributed by atoms with Crippen molar-refractivity contribution < 1.29 is 4.39 Å². The van der Waals surface area contributed by atoms with Gasteiger partial charge in [-0.15, -0.1) is 0 Å². The van der Waals surface area contributed by atoms with Crippen LogP contribution in [0.5, 0.6) is 0 Å². The highest BCUT2D eigenvalue weighted by Gasteiger charge is 2.02. The lowest BCUT2D eigenvalue weighted by molar-refractivity contribution is 0.627. The van der Waals surface area contributed by atoms with E-state index in [1.54, 1.807) is 12.1 Å². The molecule has 1 aromatic heterocycles. The number of anilines is 3. The number of benzene rings is 2. The van der Waals surface area contributed by atoms with Gasteiger partial charge in [-0.1, -0.05) is 28.1 Å². The van der Waals surface area contributed by atoms with E-state index in [9.17, 15) is 4.39 Å². The standard InChI is InChI=1S/C18H16BrFN4/c1-12-8-15(6-7-16(12)19)24-18-9-17(22-11-23-18)21-10-13-2-4-14(20)5-3-13/h2-9,11H,10H2,1H3,(H2,21,22,23,24). The first-order chi connectivity index (χ1) is 11.6. The molecule has 0 aliphatic carbocycles. The number of aryl methyl sites for hydroxylation is 1. The number of hydrogen-bond acceptors (Lipinski definition) is 4. The first-order valence-electron chi connectivity index (χ1n) is 7.44. The largest absolute Gasteiger partial charge is 0.366 e. The van der Waals surface area contributed by atoms with Gasteiger partial charge in [-0.05, 0) is 48.4 Å². The van der Waals surface area contributed by atoms with E-state index in [2.05, 4.69) is 36.5 Å². The third kappa shape index (κ3) is 4.29. The van der Waals surface area contributed by atoms with Crippen LogP contribution in [0.15, 0.2) is 59.3 Å². The van der Waals surface area contributed by atoms with Gasteiger partial charge >= 0.3 is 0 Å². The third-order valence-corrected chi connectivity index (χ3v) is 4.37. The van der Waals surface area contributed by atoms with Gasteiger partial charge in [0.2, 0.25) is 0 Å². The molecule has 0 saturated heterocycles. The van der Waals surface area contributed by atoms with Gasteiger partial charge in [-0.3, -0.25) is 0 Å². The van der Waals surface area contributed by atoms with Crippen molar-refractivity contribution >= 4 is 33.3 Å². The Bertz CT molecular complexity index is 837. The van der Waals surface area contributed by atoms with Gasteiger partial charge in [0.15, 0.2) is 0 Å². The average Bonchev–Trinajstić information content (AvgIpc) is 2.58. The minimum Gasteiger partial charge on any atom is -0.366 e. The van der Waals surface area contributed by atoms with Gasteiger partial charge in [0.1, 0.15) is 23.8 Å². The maximum atomic E-state index is 12.9. The Balaban J connectivity index is 1.67. The summed E-state index contributed by atoms with van der Waals surface area (Å²) in [7, 11) is 0. The molecule has 2 N–H and O–H groups in total. The van der Waals surface area contributed by atoms with E-state index in [0.29, 0.717) is 18.2 Å². The summed E-state index contributed by atoms with van der Waals surface area (Å²) in [6, 6.07) is 14.2. The van der Waals surface area contributed by atoms with Gasteiger partial charge in [-0.2, -0.15) is 0 Å². The average molecular weight is 387 g/mol. The maximum Gasteiger partial charge on any atom is 0.135 e. The number of nitrogens with zero attached hydrogens (tertiary/aromatic N) is 2. The summed E-state index contributed by atoms with van der Waals surface area (Å²) in [4.78, 5) is 8.43. The van der Waals surface area contributed by atoms with Crippen LogP contribution >= 0.6 is 15.9 Å². The Morgan fingerprint density at radius 3 is 2.50 bits per heavy atom. The molecule has 3 rings (SSSR count). The Hall–Kier alpha value is -2.47. The molecule has 6 heteroatoms. The molecule has 1 heterocycles. The number of rotatable bonds is 5. The van der Waals surface area contributed by atoms with Gasteiger partial charge in [-0.25, -0.2) is 14.4 Å². The quantitative estimate of drug-likeness (QED) is 0.644. The molecule has 0 bridgehead atoms. The molecule has 4 nitrogen and oxygen atoms in total. The van der Waals surface area contributed by atoms with E-state index in [-0.39, 0.29) is 5.82 Å². The van der Waals surface area contributed by atoms with E-state index in [4.69, 9.17) is 0 Å². The van der Waals surface area contributed by atoms with Crippen molar-refractivity contribution in [3.05, 3.63) is 76.3 Å². The number of aromatic nitrogens is 2. The molecule has 0 fully saturated rings. The predicted molar refractivity (Wildman–Crippen MR) is 97.9 cm³/mol. The van der Waals surface area contributed by atoms with Crippen molar-refractivity contribution in [2.24, 2.45) is 0 Å². The van der Waals surface area contributed by atoms with E-state index >= 15 is 0 Å². The molecule has 3 aromatic rings. The molecule has 0 saturated carbocycles. The zero-order chi connectivity index (χ0) is 16.9. The summed E-state index contributed by atoms with van der Waals surface area (Å²) in [5, 5.41) is 6.46. The second-order valence-corrected chi connectivity index (χ2v) is 6.21. The summed E-state index contributed by atoms with van der Waals surface area (Å²) in [5.74, 6) is 1.16. The second-order valence-electron chi connectivity index (χ2n) is 5.36. The predicted octanol–water partition coefficient (Wildman–Crippen LogP) is 5.04. The Morgan fingerprint density at radius 1 is 1.00 bits per heavy atom. The lowest BCUT2D eigenvalue weighted by Crippen LogP contribution is -2.03. The molecule has 0 amide bonds. The molecule has 0 aliphatic rings. The van der Waals surface area contributed by atoms with E-state index in [1.165, 1.54) is 18.5 Å². The minimum atomic E-state index is -0.239. The van der Waals surface area contributed by atoms with Crippen LogP contribution in [0.2, 0.25) is 0 Å². The fourth-order valence-corrected chi connectivity index (χ4v) is 2.43. The Kier molecular flexibility index (Phi) is 5.05. The zero-order valence-corrected chi connectivity index (χ0v) is 14.6. The van der Waals surface area contributed by atoms with Crippen LogP contribution in [0, 0.1) is 12.7 Å². The summed E-state index contributed by atoms with van der Waals surface area (Å²) < 4.78 is 14.0. The molecule has 2 aromatic carbocycles. The smallest absolute Gasteiger partial charge is 0.135 e. The molecule has 122 valence electrons. The summed E-state index contributed by atoms with van der Waals surface area (Å²) >= 11 is 3.49. The topological polar surface area (TPSA) is 49.8 Å². The summed E-state index contributed by atoms with van der Waals surface area (Å²) in [6.45, 7) is 2.60. The Morgan fingerprint density at radius 2 is 1.75 bits per heavy atom. The first kappa shape index (κ1) is 16.4. The molecular formula is C18H16BrFN4. The molecule has 0 radical (unpaired) electrons. The van der Waals surface area contributed by atoms with Crippen LogP contribution in [0.3, 0.4) is 0 Å². The normalized spacial score (nSPS) is 10.5. The molecule has 0 atom stereocenters. The Labute approximate surface area is 148 Å². The molecule has 0 unspecified atom stereocenters. The van der Waals surface area contributed by atoms with Crippen molar-refractivity contribution in [2.75, 3.05) is 10.6 Å². The molecule has 0 aliphatic heterocycles. The van der Waals surface area contributed by atoms with Crippen LogP contribution in [-0.2, 0) is 6.54 Å². The highest BCUT2D eigenvalue weighted by Crippen LogP contribution is 2.22. The van der Waals surface area contributed by atoms with E-state index in [0.717, 1.165) is 21.3 Å². The lowest BCUT2D eigenvalue weighted by atomic mass is 10.2. The number of hydrogen-bond donors (Lipinski definition) is 2. The molecular weight excluding hydrogens is 371 g/mol. The second kappa shape index (κ2) is 7.40. The van der Waals surface area contributed by atoms with Crippen molar-refractivity contribution in [3.63, 3.8) is 0 Å². The van der Waals surface area contributed by atoms with E-state index < -0.39 is 0 Å². The number of nitrogens with one attached hydrogen (secondary N) is 2. The fourth-order valence-electron chi connectivity index (χ4n) is 2.19. The van der Waals surface area contributed by atoms with Crippen LogP contribution in [0.25, 0.3) is 0 Å². The highest BCUT2D eigenvalue weighted by molar-refractivity contribution is 9.10. The lowest BCUT2D eigenvalue weighted by Gasteiger charge is -2.10. The zero-order valence-electron chi connectivity index (χ0n) is 13.1. The van der Waals surface area contributed by atoms with Gasteiger partial charge in [0.05, 0.1) is 0 Å². The van der Waals surface area contributed by atoms with Crippen molar-refractivity contribution in [1.29, 1.82) is 0 Å². The van der Waals surface area contributed by atoms with Crippen LogP contribution < -0.4 is 10.6 Å². The SMILES string of the molecule is Cc1cc(Nc2cc(NCc3ccc(F)cc3)ncn2)ccc1Br. The van der Waals surface area contributed by atoms with Gasteiger partial charge in [0.25, 0.3) is 0 Å². The summed E-state index contributed by atoms with van der Waals surface area (Å²) in [6.07, 6.45) is 1.50. The van der Waals surface area contributed by atoms with Crippen molar-refractivity contribution in [3.8, 4) is 0 Å². The minimum absolute atomic E-state index is 0.239. The highest BCUT2D eigenvalue weighted by atomic mass is 79.9. The summed E-state index contributed by atoms with van der Waals surface area (Å²) in [5.41, 5.74) is 3.08. The first-order valence-corrected chi connectivity index (χ1v) is 8.23. The monoisotopic (exact) mass is 386 g/mol. The fraction of sp³-hybridized carbons (Fsp3) is 0.111. The van der Waals surface area contributed by atoms with Crippen LogP contribution in [0.4, 0.5) is 21.7 Å². The van der Waals surface area contributed by atoms with Crippen LogP contribution in [-0.4, -0.2) is 9.97 Å². The van der Waals surface area contributed by atoms with E-state index in [1.807, 2.05) is 31.2 Å². The maximum absolute atomic E-state index is 12.9. The number of halogens is 2. The van der Waals surface area contributed by atoms with Gasteiger partial charge < -0.3 is 10.6 Å². The van der Waals surface area contributed by atoms with Gasteiger partial charge in [0, 0.05) is 22.8 Å².